The summed E-state index contributed by atoms with van der Waals surface area (Å²) in [5, 5.41) is 0.449. The highest BCUT2D eigenvalue weighted by Gasteiger charge is 2.25. The highest BCUT2D eigenvalue weighted by molar-refractivity contribution is 6.34. The number of hydrogen-bond acceptors (Lipinski definition) is 5. The van der Waals surface area contributed by atoms with E-state index in [1.165, 1.54) is 0 Å². The summed E-state index contributed by atoms with van der Waals surface area (Å²) in [6.07, 6.45) is 1.59. The van der Waals surface area contributed by atoms with Crippen LogP contribution < -0.4 is 4.74 Å². The van der Waals surface area contributed by atoms with Gasteiger partial charge in [0.05, 0.1) is 16.1 Å². The highest BCUT2D eigenvalue weighted by atomic mass is 35.5. The fraction of sp³-hybridized carbons (Fsp3) is 0. The Morgan fingerprint density at radius 2 is 1.62 bits per heavy atom. The third kappa shape index (κ3) is 4.25. The number of rotatable bonds is 4. The fourth-order valence-electron chi connectivity index (χ4n) is 2.69. The normalized spacial score (nSPS) is 14.4. The summed E-state index contributed by atoms with van der Waals surface area (Å²) in [6, 6.07) is 22.5. The number of carbonyl (C=O) groups excluding carboxylic acids is 2. The average molecular weight is 404 g/mol. The molecule has 0 aromatic heterocycles. The van der Waals surface area contributed by atoms with Crippen molar-refractivity contribution in [3.05, 3.63) is 106 Å². The summed E-state index contributed by atoms with van der Waals surface area (Å²) >= 11 is 6.13. The summed E-state index contributed by atoms with van der Waals surface area (Å²) in [6.45, 7) is 0. The molecule has 1 heterocycles. The van der Waals surface area contributed by atoms with Gasteiger partial charge in [0.2, 0.25) is 5.90 Å². The van der Waals surface area contributed by atoms with E-state index in [0.29, 0.717) is 27.5 Å². The van der Waals surface area contributed by atoms with E-state index < -0.39 is 11.9 Å². The molecular formula is C23H14ClNO4. The summed E-state index contributed by atoms with van der Waals surface area (Å²) in [5.74, 6) is -0.430. The van der Waals surface area contributed by atoms with Gasteiger partial charge in [-0.1, -0.05) is 54.1 Å². The van der Waals surface area contributed by atoms with Crippen molar-refractivity contribution < 1.29 is 19.1 Å². The number of benzene rings is 3. The summed E-state index contributed by atoms with van der Waals surface area (Å²) in [5.41, 5.74) is 1.89. The van der Waals surface area contributed by atoms with Gasteiger partial charge in [-0.15, -0.1) is 0 Å². The molecule has 142 valence electrons. The van der Waals surface area contributed by atoms with Gasteiger partial charge in [0.25, 0.3) is 0 Å². The van der Waals surface area contributed by atoms with E-state index in [9.17, 15) is 9.59 Å². The van der Waals surface area contributed by atoms with Crippen LogP contribution in [-0.2, 0) is 9.53 Å². The first-order valence-corrected chi connectivity index (χ1v) is 9.13. The predicted molar refractivity (Wildman–Crippen MR) is 110 cm³/mol. The number of esters is 2. The van der Waals surface area contributed by atoms with Crippen LogP contribution in [-0.4, -0.2) is 17.8 Å². The summed E-state index contributed by atoms with van der Waals surface area (Å²) < 4.78 is 10.6. The lowest BCUT2D eigenvalue weighted by molar-refractivity contribution is -0.129. The maximum Gasteiger partial charge on any atom is 0.363 e. The smallest absolute Gasteiger partial charge is 0.363 e. The molecule has 0 atom stereocenters. The van der Waals surface area contributed by atoms with E-state index >= 15 is 0 Å². The van der Waals surface area contributed by atoms with Crippen LogP contribution in [0.5, 0.6) is 5.75 Å². The zero-order valence-corrected chi connectivity index (χ0v) is 15.8. The zero-order chi connectivity index (χ0) is 20.2. The zero-order valence-electron chi connectivity index (χ0n) is 15.0. The van der Waals surface area contributed by atoms with Gasteiger partial charge in [0.1, 0.15) is 5.75 Å². The maximum absolute atomic E-state index is 12.1. The number of carbonyl (C=O) groups is 2. The van der Waals surface area contributed by atoms with E-state index in [1.54, 1.807) is 78.9 Å². The lowest BCUT2D eigenvalue weighted by atomic mass is 10.2. The molecule has 0 saturated carbocycles. The Morgan fingerprint density at radius 1 is 0.931 bits per heavy atom. The lowest BCUT2D eigenvalue weighted by Crippen LogP contribution is -2.07. The number of hydrogen-bond donors (Lipinski definition) is 0. The number of aliphatic imine (C=N–C) groups is 1. The molecule has 29 heavy (non-hydrogen) atoms. The van der Waals surface area contributed by atoms with Gasteiger partial charge in [-0.3, -0.25) is 0 Å². The van der Waals surface area contributed by atoms with Crippen LogP contribution in [0.15, 0.2) is 89.6 Å². The molecule has 0 radical (unpaired) electrons. The van der Waals surface area contributed by atoms with Crippen molar-refractivity contribution in [1.29, 1.82) is 0 Å². The second-order valence-corrected chi connectivity index (χ2v) is 6.55. The predicted octanol–water partition coefficient (Wildman–Crippen LogP) is 4.90. The number of cyclic esters (lactones) is 1. The lowest BCUT2D eigenvalue weighted by Gasteiger charge is -2.04. The Morgan fingerprint density at radius 3 is 2.34 bits per heavy atom. The second kappa shape index (κ2) is 8.12. The van der Waals surface area contributed by atoms with Gasteiger partial charge in [-0.05, 0) is 48.0 Å². The van der Waals surface area contributed by atoms with Crippen molar-refractivity contribution in [2.75, 3.05) is 0 Å². The minimum atomic E-state index is -0.556. The molecule has 3 aromatic carbocycles. The van der Waals surface area contributed by atoms with E-state index in [4.69, 9.17) is 21.1 Å². The SMILES string of the molecule is O=C1OC(c2ccccc2Cl)=N/C1=C/c1ccc(OC(=O)c2ccccc2)cc1. The Hall–Kier alpha value is -3.70. The molecular weight excluding hydrogens is 390 g/mol. The van der Waals surface area contributed by atoms with Gasteiger partial charge in [0.15, 0.2) is 5.70 Å². The second-order valence-electron chi connectivity index (χ2n) is 6.14. The van der Waals surface area contributed by atoms with Gasteiger partial charge >= 0.3 is 11.9 Å². The quantitative estimate of drug-likeness (QED) is 0.353. The molecule has 4 rings (SSSR count). The van der Waals surface area contributed by atoms with Gasteiger partial charge in [0, 0.05) is 0 Å². The number of halogens is 1. The van der Waals surface area contributed by atoms with Crippen molar-refractivity contribution in [2.45, 2.75) is 0 Å². The molecule has 0 fully saturated rings. The molecule has 1 aliphatic rings. The number of ether oxygens (including phenoxy) is 2. The molecule has 0 spiro atoms. The molecule has 0 unspecified atom stereocenters. The van der Waals surface area contributed by atoms with Crippen molar-refractivity contribution in [3.8, 4) is 5.75 Å². The number of nitrogens with zero attached hydrogens (tertiary/aromatic N) is 1. The molecule has 3 aromatic rings. The topological polar surface area (TPSA) is 65.0 Å². The molecule has 1 aliphatic heterocycles. The van der Waals surface area contributed by atoms with E-state index in [1.807, 2.05) is 6.07 Å². The highest BCUT2D eigenvalue weighted by Crippen LogP contribution is 2.24. The fourth-order valence-corrected chi connectivity index (χ4v) is 2.91. The molecule has 0 bridgehead atoms. The van der Waals surface area contributed by atoms with E-state index in [-0.39, 0.29) is 11.6 Å². The minimum absolute atomic E-state index is 0.161. The van der Waals surface area contributed by atoms with E-state index in [0.717, 1.165) is 0 Å². The largest absolute Gasteiger partial charge is 0.423 e. The van der Waals surface area contributed by atoms with Crippen LogP contribution in [0.3, 0.4) is 0 Å². The third-order valence-corrected chi connectivity index (χ3v) is 4.46. The van der Waals surface area contributed by atoms with Gasteiger partial charge < -0.3 is 9.47 Å². The first-order chi connectivity index (χ1) is 14.1. The Kier molecular flexibility index (Phi) is 5.22. The van der Waals surface area contributed by atoms with Crippen LogP contribution in [0.25, 0.3) is 6.08 Å². The molecule has 0 aliphatic carbocycles. The Bertz CT molecular complexity index is 1140. The van der Waals surface area contributed by atoms with Crippen molar-refractivity contribution >= 4 is 35.5 Å². The minimum Gasteiger partial charge on any atom is -0.423 e. The summed E-state index contributed by atoms with van der Waals surface area (Å²) in [7, 11) is 0. The first-order valence-electron chi connectivity index (χ1n) is 8.75. The van der Waals surface area contributed by atoms with Crippen LogP contribution in [0.4, 0.5) is 0 Å². The van der Waals surface area contributed by atoms with Crippen LogP contribution >= 0.6 is 11.6 Å². The third-order valence-electron chi connectivity index (χ3n) is 4.13. The van der Waals surface area contributed by atoms with Gasteiger partial charge in [-0.2, -0.15) is 0 Å². The first kappa shape index (κ1) is 18.7. The molecule has 0 amide bonds. The maximum atomic E-state index is 12.1. The van der Waals surface area contributed by atoms with Crippen LogP contribution in [0.2, 0.25) is 5.02 Å². The summed E-state index contributed by atoms with van der Waals surface area (Å²) in [4.78, 5) is 28.5. The van der Waals surface area contributed by atoms with Crippen molar-refractivity contribution in [3.63, 3.8) is 0 Å². The van der Waals surface area contributed by atoms with Crippen molar-refractivity contribution in [2.24, 2.45) is 4.99 Å². The Labute approximate surface area is 171 Å². The Balaban J connectivity index is 1.51. The van der Waals surface area contributed by atoms with Crippen LogP contribution in [0.1, 0.15) is 21.5 Å². The monoisotopic (exact) mass is 403 g/mol. The van der Waals surface area contributed by atoms with Crippen LogP contribution in [0, 0.1) is 0 Å². The average Bonchev–Trinajstić information content (AvgIpc) is 3.10. The molecule has 5 nitrogen and oxygen atoms in total. The van der Waals surface area contributed by atoms with E-state index in [2.05, 4.69) is 4.99 Å². The standard InChI is InChI=1S/C23H14ClNO4/c24-19-9-5-4-8-18(19)21-25-20(23(27)29-21)14-15-10-12-17(13-11-15)28-22(26)16-6-2-1-3-7-16/h1-14H/b20-14+. The molecule has 6 heteroatoms. The van der Waals surface area contributed by atoms with Gasteiger partial charge in [-0.25, -0.2) is 14.6 Å². The molecule has 0 saturated heterocycles. The molecule has 0 N–H and O–H groups in total. The van der Waals surface area contributed by atoms with Crippen molar-refractivity contribution in [1.82, 2.24) is 0 Å².